The van der Waals surface area contributed by atoms with Gasteiger partial charge in [0.15, 0.2) is 11.5 Å². The summed E-state index contributed by atoms with van der Waals surface area (Å²) in [5.41, 5.74) is 0. The van der Waals surface area contributed by atoms with Crippen molar-refractivity contribution in [1.29, 1.82) is 0 Å². The summed E-state index contributed by atoms with van der Waals surface area (Å²) >= 11 is 0. The summed E-state index contributed by atoms with van der Waals surface area (Å²) in [7, 11) is 0. The van der Waals surface area contributed by atoms with Crippen LogP contribution in [0.5, 0.6) is 0 Å². The third-order valence-corrected chi connectivity index (χ3v) is 3.63. The molecule has 0 aromatic carbocycles. The van der Waals surface area contributed by atoms with E-state index < -0.39 is 5.79 Å². The minimum Gasteiger partial charge on any atom is -0.459 e. The minimum absolute atomic E-state index is 0.0913. The summed E-state index contributed by atoms with van der Waals surface area (Å²) in [6.07, 6.45) is 5.38. The van der Waals surface area contributed by atoms with E-state index in [1.54, 1.807) is 12.1 Å². The number of carbonyl (C=O) groups is 1. The first kappa shape index (κ1) is 11.7. The molecule has 1 amide bonds. The summed E-state index contributed by atoms with van der Waals surface area (Å²) in [4.78, 5) is 12.0. The second kappa shape index (κ2) is 4.74. The van der Waals surface area contributed by atoms with Gasteiger partial charge in [-0.05, 0) is 25.0 Å². The van der Waals surface area contributed by atoms with Gasteiger partial charge in [-0.1, -0.05) is 6.42 Å². The fourth-order valence-corrected chi connectivity index (χ4v) is 2.75. The Morgan fingerprint density at radius 2 is 2.17 bits per heavy atom. The topological polar surface area (TPSA) is 60.7 Å². The lowest BCUT2D eigenvalue weighted by atomic mass is 9.89. The van der Waals surface area contributed by atoms with Crippen molar-refractivity contribution in [3.63, 3.8) is 0 Å². The lowest BCUT2D eigenvalue weighted by Gasteiger charge is -2.39. The van der Waals surface area contributed by atoms with Crippen LogP contribution in [0.15, 0.2) is 22.8 Å². The molecule has 5 heteroatoms. The van der Waals surface area contributed by atoms with Gasteiger partial charge in [0.1, 0.15) is 0 Å². The lowest BCUT2D eigenvalue weighted by Crippen LogP contribution is -2.55. The average Bonchev–Trinajstić information content (AvgIpc) is 3.04. The van der Waals surface area contributed by atoms with Gasteiger partial charge in [0, 0.05) is 6.42 Å². The van der Waals surface area contributed by atoms with E-state index in [4.69, 9.17) is 13.9 Å². The van der Waals surface area contributed by atoms with Crippen LogP contribution in [0.4, 0.5) is 0 Å². The van der Waals surface area contributed by atoms with Crippen molar-refractivity contribution in [2.75, 3.05) is 13.2 Å². The molecule has 5 nitrogen and oxygen atoms in total. The number of furan rings is 1. The molecule has 1 aliphatic carbocycles. The first-order valence-electron chi connectivity index (χ1n) is 6.42. The van der Waals surface area contributed by atoms with Crippen LogP contribution in [0, 0.1) is 0 Å². The Hall–Kier alpha value is -1.33. The zero-order valence-corrected chi connectivity index (χ0v) is 10.2. The van der Waals surface area contributed by atoms with Gasteiger partial charge < -0.3 is 19.2 Å². The second-order valence-electron chi connectivity index (χ2n) is 4.76. The predicted molar refractivity (Wildman–Crippen MR) is 63.1 cm³/mol. The van der Waals surface area contributed by atoms with Crippen molar-refractivity contribution in [3.8, 4) is 0 Å². The maximum Gasteiger partial charge on any atom is 0.287 e. The van der Waals surface area contributed by atoms with E-state index in [-0.39, 0.29) is 11.9 Å². The number of hydrogen-bond acceptors (Lipinski definition) is 4. The molecule has 1 unspecified atom stereocenters. The van der Waals surface area contributed by atoms with E-state index in [1.807, 2.05) is 0 Å². The van der Waals surface area contributed by atoms with Crippen LogP contribution in [0.1, 0.15) is 36.2 Å². The Labute approximate surface area is 105 Å². The Balaban J connectivity index is 1.72. The van der Waals surface area contributed by atoms with Gasteiger partial charge in [-0.2, -0.15) is 0 Å². The van der Waals surface area contributed by atoms with E-state index in [9.17, 15) is 4.79 Å². The molecule has 2 heterocycles. The highest BCUT2D eigenvalue weighted by Crippen LogP contribution is 2.36. The Morgan fingerprint density at radius 1 is 1.33 bits per heavy atom. The summed E-state index contributed by atoms with van der Waals surface area (Å²) in [5.74, 6) is -0.486. The molecule has 3 rings (SSSR count). The molecule has 1 aromatic heterocycles. The molecular weight excluding hydrogens is 234 g/mol. The first-order valence-corrected chi connectivity index (χ1v) is 6.42. The molecule has 98 valence electrons. The van der Waals surface area contributed by atoms with Gasteiger partial charge in [0.05, 0.1) is 25.5 Å². The monoisotopic (exact) mass is 251 g/mol. The molecule has 1 saturated heterocycles. The summed E-state index contributed by atoms with van der Waals surface area (Å²) < 4.78 is 16.6. The SMILES string of the molecule is O=C(NC1CCCCC12OCCO2)c1ccco1. The maximum atomic E-state index is 12.0. The van der Waals surface area contributed by atoms with Crippen molar-refractivity contribution in [1.82, 2.24) is 5.32 Å². The highest BCUT2D eigenvalue weighted by Gasteiger charge is 2.46. The molecule has 1 saturated carbocycles. The highest BCUT2D eigenvalue weighted by molar-refractivity contribution is 5.91. The quantitative estimate of drug-likeness (QED) is 0.869. The van der Waals surface area contributed by atoms with E-state index >= 15 is 0 Å². The highest BCUT2D eigenvalue weighted by atomic mass is 16.7. The van der Waals surface area contributed by atoms with Gasteiger partial charge in [0.25, 0.3) is 5.91 Å². The standard InChI is InChI=1S/C13H17NO4/c15-12(10-4-3-7-16-10)14-11-5-1-2-6-13(11)17-8-9-18-13/h3-4,7,11H,1-2,5-6,8-9H2,(H,14,15). The van der Waals surface area contributed by atoms with Crippen molar-refractivity contribution >= 4 is 5.91 Å². The fourth-order valence-electron chi connectivity index (χ4n) is 2.75. The molecule has 2 aliphatic rings. The molecule has 2 fully saturated rings. The van der Waals surface area contributed by atoms with Gasteiger partial charge in [-0.25, -0.2) is 0 Å². The van der Waals surface area contributed by atoms with Crippen LogP contribution >= 0.6 is 0 Å². The lowest BCUT2D eigenvalue weighted by molar-refractivity contribution is -0.192. The number of rotatable bonds is 2. The van der Waals surface area contributed by atoms with Crippen molar-refractivity contribution in [2.24, 2.45) is 0 Å². The number of carbonyl (C=O) groups excluding carboxylic acids is 1. The molecule has 1 aromatic rings. The van der Waals surface area contributed by atoms with Gasteiger partial charge >= 0.3 is 0 Å². The summed E-state index contributed by atoms with van der Waals surface area (Å²) in [6.45, 7) is 1.21. The molecule has 1 spiro atoms. The fraction of sp³-hybridized carbons (Fsp3) is 0.615. The summed E-state index contributed by atoms with van der Waals surface area (Å²) in [6, 6.07) is 3.27. The smallest absolute Gasteiger partial charge is 0.287 e. The van der Waals surface area contributed by atoms with Crippen molar-refractivity contribution in [3.05, 3.63) is 24.2 Å². The number of amides is 1. The molecule has 18 heavy (non-hydrogen) atoms. The van der Waals surface area contributed by atoms with Crippen LogP contribution in [-0.4, -0.2) is 30.9 Å². The Bertz CT molecular complexity index is 409. The molecule has 0 radical (unpaired) electrons. The molecule has 1 N–H and O–H groups in total. The Morgan fingerprint density at radius 3 is 2.89 bits per heavy atom. The molecule has 1 aliphatic heterocycles. The number of nitrogens with one attached hydrogen (secondary N) is 1. The number of hydrogen-bond donors (Lipinski definition) is 1. The van der Waals surface area contributed by atoms with Gasteiger partial charge in [0.2, 0.25) is 0 Å². The van der Waals surface area contributed by atoms with Crippen LogP contribution in [-0.2, 0) is 9.47 Å². The molecular formula is C13H17NO4. The number of ether oxygens (including phenoxy) is 2. The van der Waals surface area contributed by atoms with E-state index in [1.165, 1.54) is 6.26 Å². The van der Waals surface area contributed by atoms with Crippen LogP contribution < -0.4 is 5.32 Å². The molecule has 0 bridgehead atoms. The largest absolute Gasteiger partial charge is 0.459 e. The minimum atomic E-state index is -0.611. The maximum absolute atomic E-state index is 12.0. The average molecular weight is 251 g/mol. The van der Waals surface area contributed by atoms with Gasteiger partial charge in [-0.3, -0.25) is 4.79 Å². The van der Waals surface area contributed by atoms with Crippen molar-refractivity contribution in [2.45, 2.75) is 37.5 Å². The molecule has 1 atom stereocenters. The third-order valence-electron chi connectivity index (χ3n) is 3.63. The predicted octanol–water partition coefficient (Wildman–Crippen LogP) is 1.70. The van der Waals surface area contributed by atoms with Crippen LogP contribution in [0.2, 0.25) is 0 Å². The summed E-state index contributed by atoms with van der Waals surface area (Å²) in [5, 5.41) is 2.97. The Kier molecular flexibility index (Phi) is 3.09. The van der Waals surface area contributed by atoms with Crippen molar-refractivity contribution < 1.29 is 18.7 Å². The zero-order chi connectivity index (χ0) is 12.4. The van der Waals surface area contributed by atoms with E-state index in [0.29, 0.717) is 19.0 Å². The van der Waals surface area contributed by atoms with E-state index in [0.717, 1.165) is 25.7 Å². The first-order chi connectivity index (χ1) is 8.80. The zero-order valence-electron chi connectivity index (χ0n) is 10.2. The second-order valence-corrected chi connectivity index (χ2v) is 4.76. The normalized spacial score (nSPS) is 26.3. The van der Waals surface area contributed by atoms with E-state index in [2.05, 4.69) is 5.32 Å². The van der Waals surface area contributed by atoms with Crippen LogP contribution in [0.3, 0.4) is 0 Å². The van der Waals surface area contributed by atoms with Crippen LogP contribution in [0.25, 0.3) is 0 Å². The van der Waals surface area contributed by atoms with Gasteiger partial charge in [-0.15, -0.1) is 0 Å². The third kappa shape index (κ3) is 2.04.